The molecule has 4 rings (SSSR count). The number of thiazole rings is 1. The summed E-state index contributed by atoms with van der Waals surface area (Å²) in [7, 11) is 3.30. The summed E-state index contributed by atoms with van der Waals surface area (Å²) in [6.07, 6.45) is 0.906. The molecule has 170 valence electrons. The largest absolute Gasteiger partial charge is 0.497 e. The van der Waals surface area contributed by atoms with Crippen molar-refractivity contribution >= 4 is 38.4 Å². The van der Waals surface area contributed by atoms with Crippen molar-refractivity contribution in [3.63, 3.8) is 0 Å². The summed E-state index contributed by atoms with van der Waals surface area (Å²) in [4.78, 5) is 21.5. The Kier molecular flexibility index (Phi) is 7.28. The van der Waals surface area contributed by atoms with E-state index in [2.05, 4.69) is 37.6 Å². The second-order valence-corrected chi connectivity index (χ2v) is 8.62. The molecule has 3 aromatic rings. The number of anilines is 2. The molecule has 0 bridgehead atoms. The molecule has 2 amide bonds. The average Bonchev–Trinajstić information content (AvgIpc) is 3.24. The molecule has 1 aliphatic heterocycles. The predicted octanol–water partition coefficient (Wildman–Crippen LogP) is 3.65. The number of hydrogen-bond donors (Lipinski definition) is 2. The number of piperazine rings is 1. The average molecular weight is 456 g/mol. The van der Waals surface area contributed by atoms with Crippen LogP contribution in [0.3, 0.4) is 0 Å². The van der Waals surface area contributed by atoms with E-state index in [-0.39, 0.29) is 6.03 Å². The number of urea groups is 1. The first-order valence-corrected chi connectivity index (χ1v) is 11.6. The number of rotatable bonds is 8. The summed E-state index contributed by atoms with van der Waals surface area (Å²) < 4.78 is 11.5. The zero-order chi connectivity index (χ0) is 22.3. The summed E-state index contributed by atoms with van der Waals surface area (Å²) in [5.74, 6) is 1.59. The summed E-state index contributed by atoms with van der Waals surface area (Å²) in [5.41, 5.74) is 2.00. The van der Waals surface area contributed by atoms with Gasteiger partial charge in [-0.15, -0.1) is 0 Å². The van der Waals surface area contributed by atoms with Crippen LogP contribution in [0.1, 0.15) is 6.42 Å². The Labute approximate surface area is 192 Å². The number of carbonyl (C=O) groups is 1. The highest BCUT2D eigenvalue weighted by molar-refractivity contribution is 7.22. The van der Waals surface area contributed by atoms with Crippen LogP contribution in [-0.4, -0.2) is 69.4 Å². The minimum atomic E-state index is -0.229. The highest BCUT2D eigenvalue weighted by atomic mass is 32.1. The molecule has 1 aromatic heterocycles. The van der Waals surface area contributed by atoms with Gasteiger partial charge in [0.25, 0.3) is 0 Å². The van der Waals surface area contributed by atoms with E-state index in [0.29, 0.717) is 17.4 Å². The number of fused-ring (bicyclic) bond motifs is 1. The van der Waals surface area contributed by atoms with E-state index in [1.165, 1.54) is 17.0 Å². The summed E-state index contributed by atoms with van der Waals surface area (Å²) in [5, 5.41) is 6.32. The summed E-state index contributed by atoms with van der Waals surface area (Å²) in [6.45, 7) is 5.63. The quantitative estimate of drug-likeness (QED) is 0.505. The van der Waals surface area contributed by atoms with Gasteiger partial charge in [-0.25, -0.2) is 9.78 Å². The highest BCUT2D eigenvalue weighted by Gasteiger charge is 2.17. The number of carbonyl (C=O) groups excluding carboxylic acids is 1. The fraction of sp³-hybridized carbons (Fsp3) is 0.391. The summed E-state index contributed by atoms with van der Waals surface area (Å²) in [6, 6.07) is 13.7. The second-order valence-electron chi connectivity index (χ2n) is 7.59. The zero-order valence-corrected chi connectivity index (χ0v) is 19.3. The van der Waals surface area contributed by atoms with Gasteiger partial charge in [-0.1, -0.05) is 17.4 Å². The molecule has 2 aromatic carbocycles. The monoisotopic (exact) mass is 455 g/mol. The van der Waals surface area contributed by atoms with Crippen LogP contribution in [-0.2, 0) is 0 Å². The Balaban J connectivity index is 1.15. The molecule has 0 spiro atoms. The second kappa shape index (κ2) is 10.5. The van der Waals surface area contributed by atoms with Gasteiger partial charge in [-0.05, 0) is 49.4 Å². The van der Waals surface area contributed by atoms with Crippen molar-refractivity contribution in [2.24, 2.45) is 0 Å². The lowest BCUT2D eigenvalue weighted by molar-refractivity contribution is 0.244. The fourth-order valence-corrected chi connectivity index (χ4v) is 4.69. The van der Waals surface area contributed by atoms with E-state index < -0.39 is 0 Å². The van der Waals surface area contributed by atoms with E-state index in [1.54, 1.807) is 14.2 Å². The molecule has 1 fully saturated rings. The number of aromatic nitrogens is 1. The third-order valence-electron chi connectivity index (χ3n) is 5.57. The third-order valence-corrected chi connectivity index (χ3v) is 6.50. The van der Waals surface area contributed by atoms with Crippen molar-refractivity contribution in [3.05, 3.63) is 42.5 Å². The minimum Gasteiger partial charge on any atom is -0.497 e. The van der Waals surface area contributed by atoms with E-state index in [4.69, 9.17) is 9.47 Å². The Morgan fingerprint density at radius 1 is 1.06 bits per heavy atom. The van der Waals surface area contributed by atoms with Crippen molar-refractivity contribution in [1.29, 1.82) is 0 Å². The van der Waals surface area contributed by atoms with Crippen molar-refractivity contribution in [3.8, 4) is 11.5 Å². The van der Waals surface area contributed by atoms with Gasteiger partial charge in [0, 0.05) is 38.4 Å². The van der Waals surface area contributed by atoms with Gasteiger partial charge in [-0.3, -0.25) is 10.2 Å². The van der Waals surface area contributed by atoms with Crippen molar-refractivity contribution in [2.75, 3.05) is 63.7 Å². The van der Waals surface area contributed by atoms with E-state index in [9.17, 15) is 4.79 Å². The van der Waals surface area contributed by atoms with Gasteiger partial charge in [0.05, 0.1) is 18.9 Å². The lowest BCUT2D eigenvalue weighted by Gasteiger charge is -2.36. The van der Waals surface area contributed by atoms with E-state index in [0.717, 1.165) is 55.1 Å². The van der Waals surface area contributed by atoms with Gasteiger partial charge < -0.3 is 19.7 Å². The first kappa shape index (κ1) is 22.2. The molecule has 1 saturated heterocycles. The molecule has 2 heterocycles. The molecule has 1 aliphatic rings. The molecule has 32 heavy (non-hydrogen) atoms. The SMILES string of the molecule is COc1ccc(N2CCN(CCCNC(=O)Nc3nc4c(OC)cccc4s3)CC2)cc1. The number of nitrogens with one attached hydrogen (secondary N) is 2. The Morgan fingerprint density at radius 3 is 2.56 bits per heavy atom. The summed E-state index contributed by atoms with van der Waals surface area (Å²) >= 11 is 1.43. The van der Waals surface area contributed by atoms with Gasteiger partial charge in [-0.2, -0.15) is 0 Å². The van der Waals surface area contributed by atoms with Gasteiger partial charge in [0.2, 0.25) is 0 Å². The standard InChI is InChI=1S/C23H29N5O3S/c1-30-18-9-7-17(8-10-18)28-15-13-27(14-16-28)12-4-11-24-22(29)26-23-25-21-19(31-2)5-3-6-20(21)32-23/h3,5-10H,4,11-16H2,1-2H3,(H2,24,25,26,29). The molecule has 0 radical (unpaired) electrons. The van der Waals surface area contributed by atoms with Crippen LogP contribution in [0, 0.1) is 0 Å². The lowest BCUT2D eigenvalue weighted by atomic mass is 10.2. The maximum Gasteiger partial charge on any atom is 0.321 e. The van der Waals surface area contributed by atoms with Gasteiger partial charge in [0.15, 0.2) is 5.13 Å². The van der Waals surface area contributed by atoms with Crippen LogP contribution >= 0.6 is 11.3 Å². The zero-order valence-electron chi connectivity index (χ0n) is 18.5. The van der Waals surface area contributed by atoms with Crippen LogP contribution in [0.2, 0.25) is 0 Å². The Morgan fingerprint density at radius 2 is 1.84 bits per heavy atom. The maximum atomic E-state index is 12.2. The maximum absolute atomic E-state index is 12.2. The molecular formula is C23H29N5O3S. The number of hydrogen-bond acceptors (Lipinski definition) is 7. The molecule has 0 atom stereocenters. The smallest absolute Gasteiger partial charge is 0.321 e. The predicted molar refractivity (Wildman–Crippen MR) is 129 cm³/mol. The molecule has 2 N–H and O–H groups in total. The topological polar surface area (TPSA) is 79.0 Å². The normalized spacial score (nSPS) is 14.4. The van der Waals surface area contributed by atoms with Crippen LogP contribution in [0.15, 0.2) is 42.5 Å². The van der Waals surface area contributed by atoms with Crippen LogP contribution in [0.4, 0.5) is 15.6 Å². The fourth-order valence-electron chi connectivity index (χ4n) is 3.81. The van der Waals surface area contributed by atoms with Gasteiger partial charge >= 0.3 is 6.03 Å². The van der Waals surface area contributed by atoms with Crippen molar-refractivity contribution in [1.82, 2.24) is 15.2 Å². The first-order valence-electron chi connectivity index (χ1n) is 10.8. The molecule has 8 nitrogen and oxygen atoms in total. The van der Waals surface area contributed by atoms with Crippen LogP contribution in [0.5, 0.6) is 11.5 Å². The number of amides is 2. The van der Waals surface area contributed by atoms with E-state index >= 15 is 0 Å². The first-order chi connectivity index (χ1) is 15.7. The minimum absolute atomic E-state index is 0.229. The number of para-hydroxylation sites is 1. The number of methoxy groups -OCH3 is 2. The molecule has 0 aliphatic carbocycles. The number of benzene rings is 2. The Hall–Kier alpha value is -3.04. The molecular weight excluding hydrogens is 426 g/mol. The lowest BCUT2D eigenvalue weighted by Crippen LogP contribution is -2.47. The molecule has 0 unspecified atom stereocenters. The molecule has 0 saturated carbocycles. The number of nitrogens with zero attached hydrogens (tertiary/aromatic N) is 3. The van der Waals surface area contributed by atoms with Crippen molar-refractivity contribution in [2.45, 2.75) is 6.42 Å². The van der Waals surface area contributed by atoms with Crippen LogP contribution in [0.25, 0.3) is 10.2 Å². The number of ether oxygens (including phenoxy) is 2. The Bertz CT molecular complexity index is 1030. The molecule has 9 heteroatoms. The van der Waals surface area contributed by atoms with Gasteiger partial charge in [0.1, 0.15) is 17.0 Å². The van der Waals surface area contributed by atoms with Crippen molar-refractivity contribution < 1.29 is 14.3 Å². The van der Waals surface area contributed by atoms with Crippen LogP contribution < -0.4 is 25.0 Å². The van der Waals surface area contributed by atoms with E-state index in [1.807, 2.05) is 30.3 Å². The third kappa shape index (κ3) is 5.41. The highest BCUT2D eigenvalue weighted by Crippen LogP contribution is 2.32.